The predicted octanol–water partition coefficient (Wildman–Crippen LogP) is 6.02. The van der Waals surface area contributed by atoms with E-state index >= 15 is 0 Å². The van der Waals surface area contributed by atoms with Gasteiger partial charge in [0.1, 0.15) is 17.1 Å². The van der Waals surface area contributed by atoms with E-state index in [0.29, 0.717) is 23.5 Å². The minimum atomic E-state index is -0.176. The second kappa shape index (κ2) is 6.18. The minimum absolute atomic E-state index is 0.00630. The van der Waals surface area contributed by atoms with E-state index in [1.807, 2.05) is 12.1 Å². The van der Waals surface area contributed by atoms with Crippen LogP contribution in [0.5, 0.6) is 11.5 Å². The first kappa shape index (κ1) is 20.7. The zero-order chi connectivity index (χ0) is 21.7. The number of hydrogen-bond acceptors (Lipinski definition) is 3. The summed E-state index contributed by atoms with van der Waals surface area (Å²) in [6.45, 7) is 14.1. The van der Waals surface area contributed by atoms with E-state index in [9.17, 15) is 10.2 Å². The molecule has 0 radical (unpaired) electrons. The third kappa shape index (κ3) is 2.54. The molecule has 30 heavy (non-hydrogen) atoms. The smallest absolute Gasteiger partial charge is 0.126 e. The molecule has 3 saturated carbocycles. The Hall–Kier alpha value is -1.22. The molecule has 166 valence electrons. The van der Waals surface area contributed by atoms with Gasteiger partial charge in [-0.15, -0.1) is 0 Å². The quantitative estimate of drug-likeness (QED) is 0.547. The number of rotatable bonds is 0. The predicted molar refractivity (Wildman–Crippen MR) is 120 cm³/mol. The van der Waals surface area contributed by atoms with Crippen molar-refractivity contribution in [2.24, 2.45) is 34.0 Å². The third-order valence-corrected chi connectivity index (χ3v) is 10.6. The zero-order valence-corrected chi connectivity index (χ0v) is 19.7. The van der Waals surface area contributed by atoms with Crippen LogP contribution in [0, 0.1) is 40.9 Å². The summed E-state index contributed by atoms with van der Waals surface area (Å²) < 4.78 is 6.80. The van der Waals surface area contributed by atoms with E-state index < -0.39 is 0 Å². The van der Waals surface area contributed by atoms with Gasteiger partial charge in [-0.3, -0.25) is 0 Å². The third-order valence-electron chi connectivity index (χ3n) is 10.6. The summed E-state index contributed by atoms with van der Waals surface area (Å²) in [5.74, 6) is 3.08. The Morgan fingerprint density at radius 3 is 2.23 bits per heavy atom. The van der Waals surface area contributed by atoms with Crippen LogP contribution in [0.3, 0.4) is 0 Å². The maximum absolute atomic E-state index is 10.8. The van der Waals surface area contributed by atoms with Gasteiger partial charge in [0.25, 0.3) is 0 Å². The number of aromatic hydroxyl groups is 1. The lowest BCUT2D eigenvalue weighted by molar-refractivity contribution is -0.223. The van der Waals surface area contributed by atoms with Crippen molar-refractivity contribution in [3.63, 3.8) is 0 Å². The van der Waals surface area contributed by atoms with Crippen molar-refractivity contribution in [1.82, 2.24) is 0 Å². The number of phenols is 1. The molecule has 3 heteroatoms. The highest BCUT2D eigenvalue weighted by Gasteiger charge is 2.66. The first-order chi connectivity index (χ1) is 13.9. The Bertz CT molecular complexity index is 875. The van der Waals surface area contributed by atoms with Gasteiger partial charge in [0.05, 0.1) is 6.10 Å². The Morgan fingerprint density at radius 2 is 1.50 bits per heavy atom. The fraction of sp³-hybridized carbons (Fsp3) is 0.778. The number of aliphatic hydroxyl groups excluding tert-OH is 1. The topological polar surface area (TPSA) is 49.7 Å². The van der Waals surface area contributed by atoms with Crippen molar-refractivity contribution in [3.8, 4) is 11.5 Å². The molecule has 3 nitrogen and oxygen atoms in total. The van der Waals surface area contributed by atoms with Crippen molar-refractivity contribution >= 4 is 0 Å². The molecule has 1 aliphatic heterocycles. The number of hydrogen-bond donors (Lipinski definition) is 2. The van der Waals surface area contributed by atoms with Crippen molar-refractivity contribution in [1.29, 1.82) is 0 Å². The van der Waals surface area contributed by atoms with Gasteiger partial charge in [-0.05, 0) is 110 Å². The minimum Gasteiger partial charge on any atom is -0.508 e. The van der Waals surface area contributed by atoms with Gasteiger partial charge < -0.3 is 14.9 Å². The highest BCUT2D eigenvalue weighted by atomic mass is 16.5. The zero-order valence-electron chi connectivity index (χ0n) is 19.7. The van der Waals surface area contributed by atoms with E-state index in [2.05, 4.69) is 41.5 Å². The summed E-state index contributed by atoms with van der Waals surface area (Å²) >= 11 is 0. The molecule has 4 aliphatic rings. The molecule has 2 N–H and O–H groups in total. The lowest BCUT2D eigenvalue weighted by atomic mass is 9.37. The lowest BCUT2D eigenvalue weighted by Crippen LogP contribution is -2.66. The van der Waals surface area contributed by atoms with Crippen LogP contribution < -0.4 is 4.74 Å². The monoisotopic (exact) mass is 412 g/mol. The molecule has 0 amide bonds. The number of ether oxygens (including phenoxy) is 1. The summed E-state index contributed by atoms with van der Waals surface area (Å²) in [4.78, 5) is 0. The van der Waals surface area contributed by atoms with Gasteiger partial charge >= 0.3 is 0 Å². The molecule has 1 aromatic carbocycles. The highest BCUT2D eigenvalue weighted by Crippen LogP contribution is 2.70. The number of aliphatic hydroxyl groups is 1. The molecule has 0 saturated heterocycles. The number of fused-ring (bicyclic) bond motifs is 6. The van der Waals surface area contributed by atoms with Crippen molar-refractivity contribution in [2.45, 2.75) is 98.2 Å². The molecule has 1 heterocycles. The molecule has 7 atom stereocenters. The van der Waals surface area contributed by atoms with Crippen LogP contribution >= 0.6 is 0 Å². The van der Waals surface area contributed by atoms with Crippen LogP contribution in [0.4, 0.5) is 0 Å². The van der Waals surface area contributed by atoms with Gasteiger partial charge in [-0.25, -0.2) is 0 Å². The summed E-state index contributed by atoms with van der Waals surface area (Å²) in [7, 11) is 0. The largest absolute Gasteiger partial charge is 0.508 e. The Kier molecular flexibility index (Phi) is 4.26. The summed E-state index contributed by atoms with van der Waals surface area (Å²) in [5.41, 5.74) is 2.61. The maximum atomic E-state index is 10.8. The van der Waals surface area contributed by atoms with Crippen LogP contribution in [-0.2, 0) is 6.42 Å². The van der Waals surface area contributed by atoms with Crippen LogP contribution in [0.25, 0.3) is 0 Å². The van der Waals surface area contributed by atoms with Gasteiger partial charge in [0, 0.05) is 5.92 Å². The van der Waals surface area contributed by atoms with Gasteiger partial charge in [0.15, 0.2) is 0 Å². The number of aryl methyl sites for hydroxylation is 1. The van der Waals surface area contributed by atoms with Crippen molar-refractivity contribution in [3.05, 3.63) is 23.3 Å². The van der Waals surface area contributed by atoms with Crippen LogP contribution in [0.1, 0.15) is 84.3 Å². The van der Waals surface area contributed by atoms with Gasteiger partial charge in [0.2, 0.25) is 0 Å². The maximum Gasteiger partial charge on any atom is 0.126 e. The lowest BCUT2D eigenvalue weighted by Gasteiger charge is -2.69. The molecule has 0 bridgehead atoms. The first-order valence-corrected chi connectivity index (χ1v) is 12.1. The van der Waals surface area contributed by atoms with E-state index in [-0.39, 0.29) is 27.9 Å². The second-order valence-corrected chi connectivity index (χ2v) is 12.5. The summed E-state index contributed by atoms with van der Waals surface area (Å²) in [6.07, 6.45) is 7.63. The molecule has 3 aliphatic carbocycles. The summed E-state index contributed by atoms with van der Waals surface area (Å²) in [6, 6.07) is 3.76. The first-order valence-electron chi connectivity index (χ1n) is 12.1. The SMILES string of the molecule is Cc1cc(O)cc2c1O[C@@]1(C)CC[C@H]3[C@@]4(C)CC[C@H](O)C(C)(C)[C@H]4CC[C@@]3(C)[C@H]1C2. The van der Waals surface area contributed by atoms with E-state index in [1.54, 1.807) is 0 Å². The average molecular weight is 413 g/mol. The Labute approximate surface area is 182 Å². The summed E-state index contributed by atoms with van der Waals surface area (Å²) in [5, 5.41) is 21.0. The molecule has 1 aromatic rings. The normalized spacial score (nSPS) is 46.6. The van der Waals surface area contributed by atoms with E-state index in [0.717, 1.165) is 37.0 Å². The number of benzene rings is 1. The fourth-order valence-electron chi connectivity index (χ4n) is 9.11. The Morgan fingerprint density at radius 1 is 0.867 bits per heavy atom. The van der Waals surface area contributed by atoms with Gasteiger partial charge in [-0.2, -0.15) is 0 Å². The molecular weight excluding hydrogens is 372 g/mol. The molecule has 0 spiro atoms. The Balaban J connectivity index is 1.56. The van der Waals surface area contributed by atoms with Crippen molar-refractivity contribution in [2.75, 3.05) is 0 Å². The van der Waals surface area contributed by atoms with Crippen LogP contribution in [-0.4, -0.2) is 21.9 Å². The standard InChI is InChI=1S/C27H40O3/c1-16-13-18(28)14-17-15-21-26(5)10-7-19-24(2,3)22(29)9-11-25(19,4)20(26)8-12-27(21,6)30-23(16)17/h13-14,19-22,28-29H,7-12,15H2,1-6H3/t19-,20+,21-,22+,25+,26-,27+/m1/s1. The molecular formula is C27H40O3. The molecule has 0 unspecified atom stereocenters. The fourth-order valence-corrected chi connectivity index (χ4v) is 9.11. The highest BCUT2D eigenvalue weighted by molar-refractivity contribution is 5.48. The van der Waals surface area contributed by atoms with Crippen LogP contribution in [0.15, 0.2) is 12.1 Å². The van der Waals surface area contributed by atoms with Gasteiger partial charge in [-0.1, -0.05) is 27.7 Å². The van der Waals surface area contributed by atoms with Crippen LogP contribution in [0.2, 0.25) is 0 Å². The molecule has 5 rings (SSSR count). The number of phenolic OH excluding ortho intramolecular Hbond substituents is 1. The van der Waals surface area contributed by atoms with E-state index in [1.165, 1.54) is 24.8 Å². The second-order valence-electron chi connectivity index (χ2n) is 12.5. The molecule has 0 aromatic heterocycles. The van der Waals surface area contributed by atoms with Crippen molar-refractivity contribution < 1.29 is 14.9 Å². The van der Waals surface area contributed by atoms with E-state index in [4.69, 9.17) is 4.74 Å². The molecule has 3 fully saturated rings. The average Bonchev–Trinajstić information content (AvgIpc) is 2.64.